The first-order chi connectivity index (χ1) is 14.5. The lowest BCUT2D eigenvalue weighted by Crippen LogP contribution is -2.54. The predicted octanol–water partition coefficient (Wildman–Crippen LogP) is 2.37. The van der Waals surface area contributed by atoms with Gasteiger partial charge in [-0.15, -0.1) is 0 Å². The maximum Gasteiger partial charge on any atom is 0.337 e. The summed E-state index contributed by atoms with van der Waals surface area (Å²) < 4.78 is 10.3. The fourth-order valence-electron chi connectivity index (χ4n) is 2.95. The highest BCUT2D eigenvalue weighted by molar-refractivity contribution is 6.21. The second-order valence-corrected chi connectivity index (χ2v) is 6.73. The molecular weight excluding hydrogens is 390 g/mol. The van der Waals surface area contributed by atoms with Gasteiger partial charge in [0.05, 0.1) is 17.7 Å². The van der Waals surface area contributed by atoms with Gasteiger partial charge in [-0.05, 0) is 38.3 Å². The van der Waals surface area contributed by atoms with Crippen LogP contribution in [0.1, 0.15) is 60.2 Å². The number of hydrogen-bond donors (Lipinski definition) is 1. The van der Waals surface area contributed by atoms with Crippen LogP contribution in [0.2, 0.25) is 0 Å². The maximum atomic E-state index is 12.8. The molecule has 1 aromatic rings. The third kappa shape index (κ3) is 6.03. The van der Waals surface area contributed by atoms with E-state index in [2.05, 4.69) is 12.2 Å². The molecule has 1 aromatic carbocycles. The minimum absolute atomic E-state index is 0.122. The lowest BCUT2D eigenvalue weighted by molar-refractivity contribution is -0.141. The van der Waals surface area contributed by atoms with Crippen LogP contribution < -0.4 is 5.32 Å². The van der Waals surface area contributed by atoms with E-state index in [1.165, 1.54) is 0 Å². The summed E-state index contributed by atoms with van der Waals surface area (Å²) >= 11 is 0. The van der Waals surface area contributed by atoms with Crippen LogP contribution >= 0.6 is 0 Å². The van der Waals surface area contributed by atoms with E-state index in [0.29, 0.717) is 26.1 Å². The van der Waals surface area contributed by atoms with E-state index in [-0.39, 0.29) is 30.8 Å². The Bertz CT molecular complexity index is 732. The van der Waals surface area contributed by atoms with Gasteiger partial charge in [-0.1, -0.05) is 25.5 Å². The van der Waals surface area contributed by atoms with Crippen LogP contribution in [-0.2, 0) is 14.3 Å². The highest BCUT2D eigenvalue weighted by atomic mass is 16.5. The molecule has 1 aliphatic heterocycles. The first-order valence-electron chi connectivity index (χ1n) is 10.3. The van der Waals surface area contributed by atoms with Crippen molar-refractivity contribution in [2.75, 3.05) is 32.9 Å². The summed E-state index contributed by atoms with van der Waals surface area (Å²) in [4.78, 5) is 49.8. The summed E-state index contributed by atoms with van der Waals surface area (Å²) in [6.45, 7) is 4.91. The number of esters is 1. The van der Waals surface area contributed by atoms with Gasteiger partial charge in [0.25, 0.3) is 11.8 Å². The Morgan fingerprint density at radius 3 is 2.23 bits per heavy atom. The molecule has 30 heavy (non-hydrogen) atoms. The number of urea groups is 1. The van der Waals surface area contributed by atoms with Gasteiger partial charge in [-0.3, -0.25) is 14.4 Å². The molecule has 164 valence electrons. The van der Waals surface area contributed by atoms with Gasteiger partial charge >= 0.3 is 12.0 Å². The number of hydrogen-bond acceptors (Lipinski definition) is 6. The van der Waals surface area contributed by atoms with Crippen LogP contribution in [0.4, 0.5) is 4.79 Å². The first kappa shape index (κ1) is 23.3. The number of benzene rings is 1. The standard InChI is InChI=1S/C21H29N3O6/c1-3-5-13-29-14-9-8-12-23(21(28)22-15-18(25)30-4-2)24-19(26)16-10-6-7-11-17(16)20(24)27/h6-7,10-11H,3-5,8-9,12-15H2,1-2H3,(H,22,28). The molecule has 2 rings (SSSR count). The minimum Gasteiger partial charge on any atom is -0.465 e. The van der Waals surface area contributed by atoms with Crippen molar-refractivity contribution in [2.45, 2.75) is 39.5 Å². The SMILES string of the molecule is CCCCOCCCCN(C(=O)NCC(=O)OCC)N1C(=O)c2ccccc2C1=O. The highest BCUT2D eigenvalue weighted by Gasteiger charge is 2.41. The van der Waals surface area contributed by atoms with Crippen molar-refractivity contribution in [3.63, 3.8) is 0 Å². The summed E-state index contributed by atoms with van der Waals surface area (Å²) in [7, 11) is 0. The van der Waals surface area contributed by atoms with Crippen molar-refractivity contribution in [1.29, 1.82) is 0 Å². The molecule has 0 fully saturated rings. The van der Waals surface area contributed by atoms with E-state index in [1.54, 1.807) is 31.2 Å². The molecule has 1 heterocycles. The van der Waals surface area contributed by atoms with Crippen LogP contribution in [0, 0.1) is 0 Å². The number of ether oxygens (including phenoxy) is 2. The van der Waals surface area contributed by atoms with E-state index in [1.807, 2.05) is 0 Å². The van der Waals surface area contributed by atoms with Gasteiger partial charge in [0.15, 0.2) is 0 Å². The minimum atomic E-state index is -0.718. The van der Waals surface area contributed by atoms with Gasteiger partial charge in [0.2, 0.25) is 0 Å². The lowest BCUT2D eigenvalue weighted by Gasteiger charge is -2.29. The average Bonchev–Trinajstić information content (AvgIpc) is 2.99. The molecule has 0 aliphatic carbocycles. The van der Waals surface area contributed by atoms with Crippen molar-refractivity contribution >= 4 is 23.8 Å². The number of fused-ring (bicyclic) bond motifs is 1. The highest BCUT2D eigenvalue weighted by Crippen LogP contribution is 2.24. The number of amides is 4. The molecular formula is C21H29N3O6. The van der Waals surface area contributed by atoms with Crippen LogP contribution in [0.25, 0.3) is 0 Å². The van der Waals surface area contributed by atoms with E-state index < -0.39 is 23.8 Å². The zero-order valence-corrected chi connectivity index (χ0v) is 17.5. The summed E-state index contributed by atoms with van der Waals surface area (Å²) in [5, 5.41) is 4.30. The second-order valence-electron chi connectivity index (χ2n) is 6.73. The zero-order valence-electron chi connectivity index (χ0n) is 17.5. The van der Waals surface area contributed by atoms with Crippen molar-refractivity contribution in [2.24, 2.45) is 0 Å². The lowest BCUT2D eigenvalue weighted by atomic mass is 10.1. The molecule has 0 radical (unpaired) electrons. The number of carbonyl (C=O) groups is 4. The average molecular weight is 419 g/mol. The smallest absolute Gasteiger partial charge is 0.337 e. The number of nitrogens with zero attached hydrogens (tertiary/aromatic N) is 2. The van der Waals surface area contributed by atoms with Crippen molar-refractivity contribution in [1.82, 2.24) is 15.3 Å². The molecule has 1 N–H and O–H groups in total. The monoisotopic (exact) mass is 419 g/mol. The number of imide groups is 1. The topological polar surface area (TPSA) is 105 Å². The molecule has 0 bridgehead atoms. The molecule has 9 nitrogen and oxygen atoms in total. The normalized spacial score (nSPS) is 12.7. The summed E-state index contributed by atoms with van der Waals surface area (Å²) in [6, 6.07) is 5.69. The molecule has 0 atom stereocenters. The van der Waals surface area contributed by atoms with Crippen LogP contribution in [0.5, 0.6) is 0 Å². The van der Waals surface area contributed by atoms with E-state index >= 15 is 0 Å². The molecule has 0 spiro atoms. The molecule has 0 unspecified atom stereocenters. The number of rotatable bonds is 12. The fourth-order valence-corrected chi connectivity index (χ4v) is 2.95. The van der Waals surface area contributed by atoms with Crippen molar-refractivity contribution in [3.8, 4) is 0 Å². The molecule has 1 aliphatic rings. The third-order valence-electron chi connectivity index (χ3n) is 4.49. The first-order valence-corrected chi connectivity index (χ1v) is 10.3. The second kappa shape index (κ2) is 11.9. The Balaban J connectivity index is 2.04. The summed E-state index contributed by atoms with van der Waals surface area (Å²) in [5.74, 6) is -1.74. The maximum absolute atomic E-state index is 12.8. The van der Waals surface area contributed by atoms with E-state index in [0.717, 1.165) is 22.9 Å². The van der Waals surface area contributed by atoms with Crippen molar-refractivity contribution < 1.29 is 28.7 Å². The quantitative estimate of drug-likeness (QED) is 0.317. The number of hydrazine groups is 1. The molecule has 9 heteroatoms. The van der Waals surface area contributed by atoms with E-state index in [9.17, 15) is 19.2 Å². The van der Waals surface area contributed by atoms with Gasteiger partial charge in [0, 0.05) is 19.8 Å². The largest absolute Gasteiger partial charge is 0.465 e. The summed E-state index contributed by atoms with van der Waals surface area (Å²) in [5.41, 5.74) is 0.488. The van der Waals surface area contributed by atoms with Gasteiger partial charge in [-0.25, -0.2) is 9.80 Å². The predicted molar refractivity (Wildman–Crippen MR) is 109 cm³/mol. The molecule has 0 saturated heterocycles. The number of nitrogens with one attached hydrogen (secondary N) is 1. The molecule has 0 aromatic heterocycles. The van der Waals surface area contributed by atoms with Gasteiger partial charge in [0.1, 0.15) is 6.54 Å². The van der Waals surface area contributed by atoms with Gasteiger partial charge < -0.3 is 14.8 Å². The number of carbonyl (C=O) groups excluding carboxylic acids is 4. The fraction of sp³-hybridized carbons (Fsp3) is 0.524. The van der Waals surface area contributed by atoms with Crippen LogP contribution in [0.15, 0.2) is 24.3 Å². The molecule has 0 saturated carbocycles. The summed E-state index contributed by atoms with van der Waals surface area (Å²) in [6.07, 6.45) is 3.21. The Morgan fingerprint density at radius 2 is 1.63 bits per heavy atom. The van der Waals surface area contributed by atoms with Crippen LogP contribution in [0.3, 0.4) is 0 Å². The number of unbranched alkanes of at least 4 members (excludes halogenated alkanes) is 2. The zero-order chi connectivity index (χ0) is 21.9. The Hall–Kier alpha value is -2.94. The Morgan fingerprint density at radius 1 is 1.00 bits per heavy atom. The van der Waals surface area contributed by atoms with Crippen LogP contribution in [-0.4, -0.2) is 66.7 Å². The molecule has 4 amide bonds. The van der Waals surface area contributed by atoms with Crippen molar-refractivity contribution in [3.05, 3.63) is 35.4 Å². The Kier molecular flexibility index (Phi) is 9.27. The van der Waals surface area contributed by atoms with E-state index in [4.69, 9.17) is 9.47 Å². The third-order valence-corrected chi connectivity index (χ3v) is 4.49. The Labute approximate surface area is 176 Å². The van der Waals surface area contributed by atoms with Gasteiger partial charge in [-0.2, -0.15) is 5.01 Å².